The Kier molecular flexibility index (Phi) is 4.14. The second kappa shape index (κ2) is 5.16. The van der Waals surface area contributed by atoms with Crippen LogP contribution in [0.3, 0.4) is 0 Å². The molecule has 0 aromatic rings. The summed E-state index contributed by atoms with van der Waals surface area (Å²) in [7, 11) is 3.40. The Morgan fingerprint density at radius 1 is 1.62 bits per heavy atom. The van der Waals surface area contributed by atoms with Crippen molar-refractivity contribution in [3.8, 4) is 0 Å². The van der Waals surface area contributed by atoms with E-state index in [2.05, 4.69) is 5.48 Å². The van der Waals surface area contributed by atoms with Gasteiger partial charge < -0.3 is 9.64 Å². The Balaban J connectivity index is 2.12. The fraction of sp³-hybridized carbons (Fsp3) is 0.875. The van der Waals surface area contributed by atoms with Crippen LogP contribution in [0.25, 0.3) is 0 Å². The molecule has 1 amide bonds. The molecule has 1 heterocycles. The van der Waals surface area contributed by atoms with Crippen molar-refractivity contribution in [2.75, 3.05) is 33.9 Å². The van der Waals surface area contributed by atoms with E-state index in [1.165, 1.54) is 0 Å². The number of carbonyl (C=O) groups excluding carboxylic acids is 1. The van der Waals surface area contributed by atoms with Crippen LogP contribution in [-0.2, 0) is 14.4 Å². The number of likely N-dealkylation sites (N-methyl/N-ethyl adjacent to an activating group) is 1. The van der Waals surface area contributed by atoms with Gasteiger partial charge in [-0.15, -0.1) is 0 Å². The van der Waals surface area contributed by atoms with Crippen molar-refractivity contribution in [3.63, 3.8) is 0 Å². The number of amides is 1. The Morgan fingerprint density at radius 2 is 2.38 bits per heavy atom. The van der Waals surface area contributed by atoms with Gasteiger partial charge in [0.1, 0.15) is 6.04 Å². The summed E-state index contributed by atoms with van der Waals surface area (Å²) in [6.07, 6.45) is 0.808. The average Bonchev–Trinajstić information content (AvgIpc) is 2.43. The van der Waals surface area contributed by atoms with Gasteiger partial charge in [0, 0.05) is 20.7 Å². The lowest BCUT2D eigenvalue weighted by Gasteiger charge is -2.11. The lowest BCUT2D eigenvalue weighted by Crippen LogP contribution is -2.37. The molecular formula is C8H16N2O3. The molecule has 0 radical (unpaired) electrons. The summed E-state index contributed by atoms with van der Waals surface area (Å²) in [4.78, 5) is 18.1. The first kappa shape index (κ1) is 10.4. The molecule has 1 saturated heterocycles. The Morgan fingerprint density at radius 3 is 2.92 bits per heavy atom. The van der Waals surface area contributed by atoms with Crippen molar-refractivity contribution < 1.29 is 14.4 Å². The van der Waals surface area contributed by atoms with Crippen LogP contribution in [0.1, 0.15) is 6.42 Å². The highest BCUT2D eigenvalue weighted by atomic mass is 16.7. The summed E-state index contributed by atoms with van der Waals surface area (Å²) in [5.41, 5.74) is 2.73. The van der Waals surface area contributed by atoms with Gasteiger partial charge in [-0.2, -0.15) is 5.48 Å². The molecule has 5 nitrogen and oxygen atoms in total. The lowest BCUT2D eigenvalue weighted by atomic mass is 10.3. The quantitative estimate of drug-likeness (QED) is 0.461. The van der Waals surface area contributed by atoms with Crippen molar-refractivity contribution >= 4 is 5.91 Å². The van der Waals surface area contributed by atoms with Gasteiger partial charge >= 0.3 is 0 Å². The van der Waals surface area contributed by atoms with Crippen molar-refractivity contribution in [1.29, 1.82) is 0 Å². The number of hydrogen-bond acceptors (Lipinski definition) is 4. The van der Waals surface area contributed by atoms with E-state index in [0.717, 1.165) is 13.0 Å². The molecule has 5 heteroatoms. The topological polar surface area (TPSA) is 50.8 Å². The van der Waals surface area contributed by atoms with Crippen LogP contribution in [0.2, 0.25) is 0 Å². The van der Waals surface area contributed by atoms with Gasteiger partial charge in [0.2, 0.25) is 5.91 Å². The third kappa shape index (κ3) is 2.95. The standard InChI is InChI=1S/C8H16N2O3/c1-10-4-3-7(8(10)11)9-13-6-5-12-2/h7,9H,3-6H2,1-2H3. The number of carbonyl (C=O) groups is 1. The molecule has 0 aromatic heterocycles. The van der Waals surface area contributed by atoms with E-state index in [4.69, 9.17) is 9.57 Å². The van der Waals surface area contributed by atoms with Gasteiger partial charge in [-0.25, -0.2) is 0 Å². The van der Waals surface area contributed by atoms with Gasteiger partial charge in [-0.1, -0.05) is 0 Å². The second-order valence-electron chi connectivity index (χ2n) is 3.06. The number of hydroxylamine groups is 1. The summed E-state index contributed by atoms with van der Waals surface area (Å²) < 4.78 is 4.79. The largest absolute Gasteiger partial charge is 0.382 e. The maximum Gasteiger partial charge on any atom is 0.241 e. The Hall–Kier alpha value is -0.650. The molecule has 1 fully saturated rings. The number of nitrogens with one attached hydrogen (secondary N) is 1. The van der Waals surface area contributed by atoms with Crippen molar-refractivity contribution in [1.82, 2.24) is 10.4 Å². The van der Waals surface area contributed by atoms with Gasteiger partial charge in [0.15, 0.2) is 0 Å². The molecule has 76 valence electrons. The van der Waals surface area contributed by atoms with E-state index >= 15 is 0 Å². The van der Waals surface area contributed by atoms with Gasteiger partial charge in [0.05, 0.1) is 13.2 Å². The number of rotatable bonds is 5. The maximum atomic E-state index is 11.3. The molecule has 1 aliphatic heterocycles. The van der Waals surface area contributed by atoms with Gasteiger partial charge in [0.25, 0.3) is 0 Å². The SMILES string of the molecule is COCCONC1CCN(C)C1=O. The first-order valence-electron chi connectivity index (χ1n) is 4.37. The van der Waals surface area contributed by atoms with Crippen LogP contribution in [0, 0.1) is 0 Å². The summed E-state index contributed by atoms with van der Waals surface area (Å²) in [5.74, 6) is 0.0948. The maximum absolute atomic E-state index is 11.3. The van der Waals surface area contributed by atoms with Crippen LogP contribution in [0.4, 0.5) is 0 Å². The first-order valence-corrected chi connectivity index (χ1v) is 4.37. The number of hydrogen-bond donors (Lipinski definition) is 1. The van der Waals surface area contributed by atoms with Crippen LogP contribution in [0.5, 0.6) is 0 Å². The second-order valence-corrected chi connectivity index (χ2v) is 3.06. The Labute approximate surface area is 77.9 Å². The number of ether oxygens (including phenoxy) is 1. The first-order chi connectivity index (χ1) is 6.25. The molecular weight excluding hydrogens is 172 g/mol. The minimum atomic E-state index is -0.179. The van der Waals surface area contributed by atoms with E-state index in [-0.39, 0.29) is 11.9 Å². The average molecular weight is 188 g/mol. The van der Waals surface area contributed by atoms with Crippen LogP contribution in [-0.4, -0.2) is 50.8 Å². The normalized spacial score (nSPS) is 22.8. The van der Waals surface area contributed by atoms with Gasteiger partial charge in [-0.05, 0) is 6.42 Å². The fourth-order valence-electron chi connectivity index (χ4n) is 1.22. The zero-order chi connectivity index (χ0) is 9.68. The smallest absolute Gasteiger partial charge is 0.241 e. The zero-order valence-electron chi connectivity index (χ0n) is 8.08. The molecule has 0 saturated carbocycles. The minimum Gasteiger partial charge on any atom is -0.382 e. The monoisotopic (exact) mass is 188 g/mol. The van der Waals surface area contributed by atoms with E-state index in [9.17, 15) is 4.79 Å². The molecule has 0 spiro atoms. The predicted octanol–water partition coefficient (Wildman–Crippen LogP) is -0.615. The minimum absolute atomic E-state index is 0.0948. The summed E-state index contributed by atoms with van der Waals surface area (Å²) in [5, 5.41) is 0. The van der Waals surface area contributed by atoms with E-state index in [1.807, 2.05) is 0 Å². The van der Waals surface area contributed by atoms with Crippen molar-refractivity contribution in [3.05, 3.63) is 0 Å². The molecule has 13 heavy (non-hydrogen) atoms. The Bertz CT molecular complexity index is 175. The lowest BCUT2D eigenvalue weighted by molar-refractivity contribution is -0.132. The van der Waals surface area contributed by atoms with Crippen molar-refractivity contribution in [2.45, 2.75) is 12.5 Å². The highest BCUT2D eigenvalue weighted by Crippen LogP contribution is 2.07. The molecule has 1 unspecified atom stereocenters. The molecule has 0 aliphatic carbocycles. The van der Waals surface area contributed by atoms with Crippen LogP contribution >= 0.6 is 0 Å². The molecule has 1 atom stereocenters. The van der Waals surface area contributed by atoms with E-state index in [0.29, 0.717) is 13.2 Å². The highest BCUT2D eigenvalue weighted by Gasteiger charge is 2.28. The van der Waals surface area contributed by atoms with Crippen LogP contribution in [0.15, 0.2) is 0 Å². The predicted molar refractivity (Wildman–Crippen MR) is 47.0 cm³/mol. The molecule has 0 aromatic carbocycles. The summed E-state index contributed by atoms with van der Waals surface area (Å²) >= 11 is 0. The fourth-order valence-corrected chi connectivity index (χ4v) is 1.22. The van der Waals surface area contributed by atoms with Gasteiger partial charge in [-0.3, -0.25) is 9.63 Å². The molecule has 1 aliphatic rings. The summed E-state index contributed by atoms with van der Waals surface area (Å²) in [6.45, 7) is 1.79. The third-order valence-corrected chi connectivity index (χ3v) is 2.04. The molecule has 1 rings (SSSR count). The molecule has 1 N–H and O–H groups in total. The van der Waals surface area contributed by atoms with Crippen molar-refractivity contribution in [2.24, 2.45) is 0 Å². The highest BCUT2D eigenvalue weighted by molar-refractivity contribution is 5.83. The number of nitrogens with zero attached hydrogens (tertiary/aromatic N) is 1. The molecule has 0 bridgehead atoms. The third-order valence-electron chi connectivity index (χ3n) is 2.04. The summed E-state index contributed by atoms with van der Waals surface area (Å²) in [6, 6.07) is -0.179. The van der Waals surface area contributed by atoms with E-state index < -0.39 is 0 Å². The van der Waals surface area contributed by atoms with Crippen LogP contribution < -0.4 is 5.48 Å². The zero-order valence-corrected chi connectivity index (χ0v) is 8.08. The van der Waals surface area contributed by atoms with E-state index in [1.54, 1.807) is 19.1 Å². The number of likely N-dealkylation sites (tertiary alicyclic amines) is 1. The number of methoxy groups -OCH3 is 1.